The number of Topliss-reactive ketones (excluding diaryl/α,β-unsaturated/α-hetero) is 1. The summed E-state index contributed by atoms with van der Waals surface area (Å²) in [5.41, 5.74) is 1.30. The van der Waals surface area contributed by atoms with Crippen molar-refractivity contribution in [3.8, 4) is 11.5 Å². The van der Waals surface area contributed by atoms with Gasteiger partial charge in [0.15, 0.2) is 11.5 Å². The summed E-state index contributed by atoms with van der Waals surface area (Å²) >= 11 is 0. The maximum atomic E-state index is 12.8. The Morgan fingerprint density at radius 3 is 2.76 bits per heavy atom. The summed E-state index contributed by atoms with van der Waals surface area (Å²) in [4.78, 5) is 39.1. The van der Waals surface area contributed by atoms with Gasteiger partial charge >= 0.3 is 11.9 Å². The van der Waals surface area contributed by atoms with Gasteiger partial charge in [0.25, 0.3) is 0 Å². The van der Waals surface area contributed by atoms with Crippen molar-refractivity contribution in [3.05, 3.63) is 23.3 Å². The maximum absolute atomic E-state index is 12.8. The number of hydrogen-bond acceptors (Lipinski definition) is 8. The van der Waals surface area contributed by atoms with E-state index in [1.165, 1.54) is 0 Å². The molecule has 1 aromatic rings. The molecule has 1 saturated heterocycles. The molecule has 0 radical (unpaired) electrons. The van der Waals surface area contributed by atoms with Crippen molar-refractivity contribution >= 4 is 17.7 Å². The van der Waals surface area contributed by atoms with Crippen LogP contribution < -0.4 is 9.47 Å². The van der Waals surface area contributed by atoms with Crippen molar-refractivity contribution in [1.82, 2.24) is 4.90 Å². The first-order valence-electron chi connectivity index (χ1n) is 10.1. The third-order valence-corrected chi connectivity index (χ3v) is 6.64. The van der Waals surface area contributed by atoms with E-state index < -0.39 is 29.9 Å². The van der Waals surface area contributed by atoms with E-state index in [4.69, 9.17) is 18.9 Å². The number of ketones is 1. The lowest BCUT2D eigenvalue weighted by molar-refractivity contribution is -0.168. The van der Waals surface area contributed by atoms with Crippen LogP contribution >= 0.6 is 0 Å². The van der Waals surface area contributed by atoms with Crippen LogP contribution in [0.25, 0.3) is 0 Å². The molecular weight excluding hydrogens is 378 g/mol. The highest BCUT2D eigenvalue weighted by atomic mass is 16.7. The van der Waals surface area contributed by atoms with Crippen LogP contribution in [-0.4, -0.2) is 61.3 Å². The molecule has 5 atom stereocenters. The number of esters is 2. The van der Waals surface area contributed by atoms with Gasteiger partial charge in [0.1, 0.15) is 12.2 Å². The van der Waals surface area contributed by atoms with Crippen molar-refractivity contribution in [2.75, 3.05) is 20.4 Å². The van der Waals surface area contributed by atoms with Crippen LogP contribution in [0.4, 0.5) is 0 Å². The van der Waals surface area contributed by atoms with Gasteiger partial charge in [0.05, 0.1) is 5.56 Å². The maximum Gasteiger partial charge on any atom is 0.374 e. The monoisotopic (exact) mass is 401 g/mol. The SMILES string of the molecule is CCC(=O)C(=O)OC1CC2CCN(C)C2C2c3cc4c(cc3C(=O)OC12)OCO4. The van der Waals surface area contributed by atoms with Crippen LogP contribution in [0.3, 0.4) is 0 Å². The normalized spacial score (nSPS) is 32.1. The van der Waals surface area contributed by atoms with Crippen molar-refractivity contribution in [1.29, 1.82) is 0 Å². The summed E-state index contributed by atoms with van der Waals surface area (Å²) in [6.45, 7) is 2.66. The predicted molar refractivity (Wildman–Crippen MR) is 98.8 cm³/mol. The minimum atomic E-state index is -0.853. The van der Waals surface area contributed by atoms with E-state index in [2.05, 4.69) is 11.9 Å². The fraction of sp³-hybridized carbons (Fsp3) is 0.571. The Morgan fingerprint density at radius 1 is 1.24 bits per heavy atom. The molecule has 0 aromatic heterocycles. The molecule has 8 nitrogen and oxygen atoms in total. The zero-order valence-corrected chi connectivity index (χ0v) is 16.4. The fourth-order valence-corrected chi connectivity index (χ4v) is 5.30. The molecule has 5 unspecified atom stereocenters. The van der Waals surface area contributed by atoms with Gasteiger partial charge in [0, 0.05) is 18.4 Å². The van der Waals surface area contributed by atoms with Crippen molar-refractivity contribution in [2.24, 2.45) is 5.92 Å². The van der Waals surface area contributed by atoms with Crippen LogP contribution in [-0.2, 0) is 19.1 Å². The Balaban J connectivity index is 1.56. The second kappa shape index (κ2) is 6.73. The number of hydrogen-bond donors (Lipinski definition) is 0. The molecule has 4 aliphatic rings. The molecular formula is C21H23NO7. The molecule has 0 N–H and O–H groups in total. The summed E-state index contributed by atoms with van der Waals surface area (Å²) in [6.07, 6.45) is 0.352. The van der Waals surface area contributed by atoms with Gasteiger partial charge in [-0.15, -0.1) is 0 Å². The lowest BCUT2D eigenvalue weighted by Crippen LogP contribution is -2.55. The highest BCUT2D eigenvalue weighted by molar-refractivity contribution is 6.33. The number of benzene rings is 1. The summed E-state index contributed by atoms with van der Waals surface area (Å²) in [6, 6.07) is 3.69. The summed E-state index contributed by atoms with van der Waals surface area (Å²) in [5.74, 6) is -0.644. The predicted octanol–water partition coefficient (Wildman–Crippen LogP) is 1.65. The Morgan fingerprint density at radius 2 is 2.00 bits per heavy atom. The van der Waals surface area contributed by atoms with Crippen molar-refractivity contribution in [2.45, 2.75) is 50.4 Å². The van der Waals surface area contributed by atoms with Gasteiger partial charge < -0.3 is 23.8 Å². The van der Waals surface area contributed by atoms with E-state index >= 15 is 0 Å². The van der Waals surface area contributed by atoms with Crippen LogP contribution in [0.15, 0.2) is 12.1 Å². The number of likely N-dealkylation sites (N-methyl/N-ethyl adjacent to an activating group) is 1. The number of ether oxygens (including phenoxy) is 4. The largest absolute Gasteiger partial charge is 0.454 e. The Kier molecular flexibility index (Phi) is 4.27. The van der Waals surface area contributed by atoms with E-state index in [0.717, 1.165) is 18.5 Å². The van der Waals surface area contributed by atoms with Gasteiger partial charge in [0.2, 0.25) is 12.6 Å². The first-order chi connectivity index (χ1) is 14.0. The molecule has 1 aromatic carbocycles. The first-order valence-corrected chi connectivity index (χ1v) is 10.1. The van der Waals surface area contributed by atoms with Crippen LogP contribution in [0.1, 0.15) is 48.0 Å². The molecule has 1 saturated carbocycles. The molecule has 0 amide bonds. The minimum Gasteiger partial charge on any atom is -0.454 e. The van der Waals surface area contributed by atoms with Gasteiger partial charge in [-0.1, -0.05) is 6.92 Å². The zero-order chi connectivity index (χ0) is 20.3. The lowest BCUT2D eigenvalue weighted by atomic mass is 9.69. The van der Waals surface area contributed by atoms with E-state index in [-0.39, 0.29) is 31.1 Å². The Bertz CT molecular complexity index is 897. The molecule has 2 fully saturated rings. The number of nitrogens with zero attached hydrogens (tertiary/aromatic N) is 1. The number of likely N-dealkylation sites (tertiary alicyclic amines) is 1. The summed E-state index contributed by atoms with van der Waals surface area (Å²) < 4.78 is 22.3. The van der Waals surface area contributed by atoms with Crippen molar-refractivity contribution < 1.29 is 33.3 Å². The molecule has 5 rings (SSSR count). The Hall–Kier alpha value is -2.61. The smallest absolute Gasteiger partial charge is 0.374 e. The van der Waals surface area contributed by atoms with Crippen molar-refractivity contribution in [3.63, 3.8) is 0 Å². The van der Waals surface area contributed by atoms with Gasteiger partial charge in [-0.2, -0.15) is 0 Å². The van der Waals surface area contributed by atoms with Crippen LogP contribution in [0.5, 0.6) is 11.5 Å². The molecule has 8 heteroatoms. The number of carbonyl (C=O) groups is 3. The molecule has 3 heterocycles. The molecule has 29 heavy (non-hydrogen) atoms. The molecule has 3 aliphatic heterocycles. The molecule has 1 aliphatic carbocycles. The van der Waals surface area contributed by atoms with E-state index in [1.807, 2.05) is 6.07 Å². The first kappa shape index (κ1) is 18.4. The second-order valence-corrected chi connectivity index (χ2v) is 8.16. The summed E-state index contributed by atoms with van der Waals surface area (Å²) in [5, 5.41) is 0. The Labute approximate surface area is 168 Å². The third-order valence-electron chi connectivity index (χ3n) is 6.64. The minimum absolute atomic E-state index is 0.0839. The highest BCUT2D eigenvalue weighted by Crippen LogP contribution is 2.51. The number of carbonyl (C=O) groups excluding carboxylic acids is 3. The van der Waals surface area contributed by atoms with E-state index in [1.54, 1.807) is 13.0 Å². The average Bonchev–Trinajstić information content (AvgIpc) is 3.32. The lowest BCUT2D eigenvalue weighted by Gasteiger charge is -2.47. The third kappa shape index (κ3) is 2.80. The average molecular weight is 401 g/mol. The van der Waals surface area contributed by atoms with Gasteiger partial charge in [-0.3, -0.25) is 4.79 Å². The summed E-state index contributed by atoms with van der Waals surface area (Å²) in [7, 11) is 2.07. The van der Waals surface area contributed by atoms with Crippen LogP contribution in [0, 0.1) is 5.92 Å². The molecule has 0 bridgehead atoms. The van der Waals surface area contributed by atoms with Crippen LogP contribution in [0.2, 0.25) is 0 Å². The quantitative estimate of drug-likeness (QED) is 0.558. The van der Waals surface area contributed by atoms with E-state index in [0.29, 0.717) is 23.5 Å². The topological polar surface area (TPSA) is 91.4 Å². The molecule has 0 spiro atoms. The van der Waals surface area contributed by atoms with Gasteiger partial charge in [-0.05, 0) is 50.0 Å². The van der Waals surface area contributed by atoms with E-state index in [9.17, 15) is 14.4 Å². The highest BCUT2D eigenvalue weighted by Gasteiger charge is 2.55. The second-order valence-electron chi connectivity index (χ2n) is 8.16. The number of fused-ring (bicyclic) bond motifs is 6. The van der Waals surface area contributed by atoms with Gasteiger partial charge in [-0.25, -0.2) is 9.59 Å². The molecule has 154 valence electrons. The standard InChI is InChI=1S/C21H23NO7/c1-3-13(23)21(25)28-16-6-10-4-5-22(2)18(10)17-11-7-14-15(27-9-26-14)8-12(11)20(24)29-19(16)17/h7-8,10,16-19H,3-6,9H2,1-2H3. The number of rotatable bonds is 3. The zero-order valence-electron chi connectivity index (χ0n) is 16.4. The fourth-order valence-electron chi connectivity index (χ4n) is 5.30.